The van der Waals surface area contributed by atoms with Gasteiger partial charge in [-0.15, -0.1) is 0 Å². The van der Waals surface area contributed by atoms with E-state index < -0.39 is 11.9 Å². The van der Waals surface area contributed by atoms with Gasteiger partial charge >= 0.3 is 11.9 Å². The van der Waals surface area contributed by atoms with Crippen LogP contribution in [0.4, 0.5) is 0 Å². The van der Waals surface area contributed by atoms with Crippen LogP contribution in [-0.4, -0.2) is 18.5 Å². The first-order valence-corrected chi connectivity index (χ1v) is 10.7. The van der Waals surface area contributed by atoms with Crippen molar-refractivity contribution in [3.8, 4) is 0 Å². The summed E-state index contributed by atoms with van der Waals surface area (Å²) < 4.78 is 10.3. The lowest BCUT2D eigenvalue weighted by Crippen LogP contribution is -2.14. The molecule has 0 saturated carbocycles. The molecule has 0 radical (unpaired) electrons. The highest BCUT2D eigenvalue weighted by Crippen LogP contribution is 2.29. The summed E-state index contributed by atoms with van der Waals surface area (Å²) in [6.07, 6.45) is 2.27. The summed E-state index contributed by atoms with van der Waals surface area (Å²) in [6, 6.07) is 30.3. The van der Waals surface area contributed by atoms with Crippen molar-refractivity contribution < 1.29 is 19.1 Å². The predicted octanol–water partition coefficient (Wildman–Crippen LogP) is 5.67. The Hall–Kier alpha value is -3.40. The van der Waals surface area contributed by atoms with Gasteiger partial charge in [-0.25, -0.2) is 0 Å². The van der Waals surface area contributed by atoms with Gasteiger partial charge in [-0.05, 0) is 36.0 Å². The average molecular weight is 417 g/mol. The second-order valence-electron chi connectivity index (χ2n) is 7.41. The van der Waals surface area contributed by atoms with Gasteiger partial charge in [-0.3, -0.25) is 9.59 Å². The van der Waals surface area contributed by atoms with Gasteiger partial charge in [0.25, 0.3) is 0 Å². The van der Waals surface area contributed by atoms with E-state index in [1.165, 1.54) is 11.1 Å². The van der Waals surface area contributed by atoms with Gasteiger partial charge < -0.3 is 9.47 Å². The standard InChI is InChI=1S/C27H28O4/c28-26(20-27(29)31-21-22-12-4-1-5-13-22)30-19-11-10-18-25(23-14-6-2-7-15-23)24-16-8-3-9-17-24/h1-9,12-17,25H,10-11,18-21H2. The number of ether oxygens (including phenoxy) is 2. The van der Waals surface area contributed by atoms with E-state index in [9.17, 15) is 9.59 Å². The monoisotopic (exact) mass is 416 g/mol. The Morgan fingerprint density at radius 2 is 1.16 bits per heavy atom. The van der Waals surface area contributed by atoms with E-state index in [0.717, 1.165) is 24.8 Å². The Balaban J connectivity index is 1.37. The molecule has 0 aromatic heterocycles. The van der Waals surface area contributed by atoms with Crippen LogP contribution < -0.4 is 0 Å². The number of carbonyl (C=O) groups is 2. The van der Waals surface area contributed by atoms with Crippen LogP contribution in [0.5, 0.6) is 0 Å². The topological polar surface area (TPSA) is 52.6 Å². The summed E-state index contributed by atoms with van der Waals surface area (Å²) in [5.41, 5.74) is 3.45. The number of benzene rings is 3. The zero-order valence-electron chi connectivity index (χ0n) is 17.6. The zero-order chi connectivity index (χ0) is 21.7. The summed E-state index contributed by atoms with van der Waals surface area (Å²) >= 11 is 0. The van der Waals surface area contributed by atoms with Crippen molar-refractivity contribution in [3.63, 3.8) is 0 Å². The van der Waals surface area contributed by atoms with Crippen molar-refractivity contribution in [1.82, 2.24) is 0 Å². The van der Waals surface area contributed by atoms with Crippen LogP contribution >= 0.6 is 0 Å². The minimum atomic E-state index is -0.568. The Morgan fingerprint density at radius 1 is 0.645 bits per heavy atom. The zero-order valence-corrected chi connectivity index (χ0v) is 17.6. The molecule has 3 rings (SSSR count). The molecule has 0 atom stereocenters. The Labute approximate surface area is 183 Å². The number of carbonyl (C=O) groups excluding carboxylic acids is 2. The number of hydrogen-bond acceptors (Lipinski definition) is 4. The van der Waals surface area contributed by atoms with Crippen LogP contribution in [0.3, 0.4) is 0 Å². The quantitative estimate of drug-likeness (QED) is 0.230. The maximum atomic E-state index is 11.9. The van der Waals surface area contributed by atoms with Crippen LogP contribution in [0.25, 0.3) is 0 Å². The molecule has 0 aliphatic carbocycles. The molecule has 31 heavy (non-hydrogen) atoms. The summed E-state index contributed by atoms with van der Waals surface area (Å²) in [4.78, 5) is 23.7. The third kappa shape index (κ3) is 7.74. The van der Waals surface area contributed by atoms with E-state index in [0.29, 0.717) is 12.5 Å². The molecule has 4 heteroatoms. The minimum absolute atomic E-state index is 0.160. The maximum Gasteiger partial charge on any atom is 0.317 e. The second-order valence-corrected chi connectivity index (χ2v) is 7.41. The van der Waals surface area contributed by atoms with Gasteiger partial charge in [0.05, 0.1) is 6.61 Å². The van der Waals surface area contributed by atoms with Gasteiger partial charge in [0.1, 0.15) is 13.0 Å². The van der Waals surface area contributed by atoms with Crippen molar-refractivity contribution >= 4 is 11.9 Å². The van der Waals surface area contributed by atoms with Gasteiger partial charge in [0.15, 0.2) is 0 Å². The fraction of sp³-hybridized carbons (Fsp3) is 0.259. The van der Waals surface area contributed by atoms with Crippen molar-refractivity contribution in [2.24, 2.45) is 0 Å². The Kier molecular flexibility index (Phi) is 8.87. The molecule has 0 bridgehead atoms. The highest BCUT2D eigenvalue weighted by Gasteiger charge is 2.15. The molecule has 0 aliphatic heterocycles. The molecule has 0 aliphatic rings. The lowest BCUT2D eigenvalue weighted by Gasteiger charge is -2.18. The van der Waals surface area contributed by atoms with Crippen molar-refractivity contribution in [2.75, 3.05) is 6.61 Å². The molecular formula is C27H28O4. The third-order valence-electron chi connectivity index (χ3n) is 5.09. The average Bonchev–Trinajstić information content (AvgIpc) is 2.82. The van der Waals surface area contributed by atoms with Crippen molar-refractivity contribution in [3.05, 3.63) is 108 Å². The van der Waals surface area contributed by atoms with E-state index >= 15 is 0 Å². The van der Waals surface area contributed by atoms with Crippen LogP contribution in [0, 0.1) is 0 Å². The SMILES string of the molecule is O=C(CC(=O)OCc1ccccc1)OCCCCC(c1ccccc1)c1ccccc1. The van der Waals surface area contributed by atoms with Crippen LogP contribution in [-0.2, 0) is 25.7 Å². The molecular weight excluding hydrogens is 388 g/mol. The van der Waals surface area contributed by atoms with Crippen LogP contribution in [0.15, 0.2) is 91.0 Å². The first-order chi connectivity index (χ1) is 15.2. The van der Waals surface area contributed by atoms with E-state index in [2.05, 4.69) is 48.5 Å². The van der Waals surface area contributed by atoms with E-state index in [-0.39, 0.29) is 13.0 Å². The fourth-order valence-electron chi connectivity index (χ4n) is 3.49. The molecule has 0 heterocycles. The summed E-state index contributed by atoms with van der Waals surface area (Å²) in [6.45, 7) is 0.467. The largest absolute Gasteiger partial charge is 0.465 e. The molecule has 160 valence electrons. The van der Waals surface area contributed by atoms with Gasteiger partial charge in [0, 0.05) is 5.92 Å². The highest BCUT2D eigenvalue weighted by atomic mass is 16.6. The molecule has 0 unspecified atom stereocenters. The number of hydrogen-bond donors (Lipinski definition) is 0. The lowest BCUT2D eigenvalue weighted by molar-refractivity contribution is -0.155. The molecule has 3 aromatic rings. The summed E-state index contributed by atoms with van der Waals surface area (Å²) in [7, 11) is 0. The lowest BCUT2D eigenvalue weighted by atomic mass is 9.87. The predicted molar refractivity (Wildman–Crippen MR) is 120 cm³/mol. The van der Waals surface area contributed by atoms with Gasteiger partial charge in [-0.2, -0.15) is 0 Å². The molecule has 3 aromatic carbocycles. The van der Waals surface area contributed by atoms with E-state index in [1.54, 1.807) is 0 Å². The highest BCUT2D eigenvalue weighted by molar-refractivity contribution is 5.91. The first-order valence-electron chi connectivity index (χ1n) is 10.7. The fourth-order valence-corrected chi connectivity index (χ4v) is 3.49. The second kappa shape index (κ2) is 12.3. The Bertz CT molecular complexity index is 884. The minimum Gasteiger partial charge on any atom is -0.465 e. The summed E-state index contributed by atoms with van der Waals surface area (Å²) in [5, 5.41) is 0. The van der Waals surface area contributed by atoms with Gasteiger partial charge in [0.2, 0.25) is 0 Å². The number of esters is 2. The first kappa shape index (κ1) is 22.3. The normalized spacial score (nSPS) is 10.6. The molecule has 0 spiro atoms. The summed E-state index contributed by atoms with van der Waals surface area (Å²) in [5.74, 6) is -0.797. The smallest absolute Gasteiger partial charge is 0.317 e. The van der Waals surface area contributed by atoms with Crippen LogP contribution in [0.2, 0.25) is 0 Å². The number of unbranched alkanes of at least 4 members (excludes halogenated alkanes) is 1. The Morgan fingerprint density at radius 3 is 1.74 bits per heavy atom. The maximum absolute atomic E-state index is 11.9. The third-order valence-corrected chi connectivity index (χ3v) is 5.09. The van der Waals surface area contributed by atoms with Gasteiger partial charge in [-0.1, -0.05) is 91.0 Å². The molecule has 0 amide bonds. The molecule has 0 saturated heterocycles. The number of rotatable bonds is 11. The van der Waals surface area contributed by atoms with Crippen molar-refractivity contribution in [2.45, 2.75) is 38.2 Å². The molecule has 0 N–H and O–H groups in total. The molecule has 4 nitrogen and oxygen atoms in total. The molecule has 0 fully saturated rings. The van der Waals surface area contributed by atoms with Crippen LogP contribution in [0.1, 0.15) is 48.3 Å². The van der Waals surface area contributed by atoms with E-state index in [4.69, 9.17) is 9.47 Å². The van der Waals surface area contributed by atoms with E-state index in [1.807, 2.05) is 42.5 Å². The van der Waals surface area contributed by atoms with Crippen molar-refractivity contribution in [1.29, 1.82) is 0 Å².